The van der Waals surface area contributed by atoms with Gasteiger partial charge in [-0.25, -0.2) is 0 Å². The molecule has 1 aliphatic carbocycles. The minimum atomic E-state index is 0.208. The molecule has 0 amide bonds. The molecule has 0 saturated heterocycles. The Hall–Kier alpha value is -0.860. The van der Waals surface area contributed by atoms with Crippen LogP contribution in [-0.2, 0) is 0 Å². The van der Waals surface area contributed by atoms with E-state index in [1.54, 1.807) is 0 Å². The highest BCUT2D eigenvalue weighted by molar-refractivity contribution is 5.06. The van der Waals surface area contributed by atoms with Crippen molar-refractivity contribution in [3.8, 4) is 0 Å². The normalized spacial score (nSPS) is 27.3. The van der Waals surface area contributed by atoms with Crippen LogP contribution in [0.2, 0.25) is 0 Å². The van der Waals surface area contributed by atoms with E-state index in [0.29, 0.717) is 18.5 Å². The molecule has 0 aromatic rings. The molecule has 0 atom stereocenters. The maximum atomic E-state index is 10.2. The lowest BCUT2D eigenvalue weighted by Crippen LogP contribution is -1.94. The molecule has 1 N–H and O–H groups in total. The van der Waals surface area contributed by atoms with Crippen LogP contribution in [0.25, 0.3) is 0 Å². The summed E-state index contributed by atoms with van der Waals surface area (Å²) in [7, 11) is 0. The van der Waals surface area contributed by atoms with Gasteiger partial charge in [-0.2, -0.15) is 0 Å². The van der Waals surface area contributed by atoms with Gasteiger partial charge in [0.1, 0.15) is 11.5 Å². The fourth-order valence-corrected chi connectivity index (χ4v) is 1.33. The van der Waals surface area contributed by atoms with E-state index in [1.165, 1.54) is 0 Å². The third-order valence-electron chi connectivity index (χ3n) is 2.02. The second-order valence-electron chi connectivity index (χ2n) is 2.90. The number of hydrogen-bond donors (Lipinski definition) is 1. The molecule has 0 heterocycles. The molecule has 0 saturated carbocycles. The van der Waals surface area contributed by atoms with E-state index in [4.69, 9.17) is 0 Å². The maximum absolute atomic E-state index is 10.2. The van der Waals surface area contributed by atoms with Crippen LogP contribution in [0, 0.1) is 4.91 Å². The summed E-state index contributed by atoms with van der Waals surface area (Å²) in [5, 5.41) is 12.1. The molecule has 0 spiro atoms. The molecular weight excluding hydrogens is 142 g/mol. The number of aliphatic hydroxyl groups is 1. The molecule has 0 aromatic heterocycles. The molecule has 62 valence electrons. The van der Waals surface area contributed by atoms with Crippen molar-refractivity contribution in [1.82, 2.24) is 0 Å². The Balaban J connectivity index is 2.63. The SMILES string of the molecule is O=N/C1=C(\O)CCCCCC1. The maximum Gasteiger partial charge on any atom is 0.122 e. The van der Waals surface area contributed by atoms with E-state index >= 15 is 0 Å². The molecular formula is C8H13NO2. The van der Waals surface area contributed by atoms with Gasteiger partial charge >= 0.3 is 0 Å². The van der Waals surface area contributed by atoms with Crippen molar-refractivity contribution in [2.75, 3.05) is 0 Å². The molecule has 0 bridgehead atoms. The smallest absolute Gasteiger partial charge is 0.122 e. The highest BCUT2D eigenvalue weighted by Crippen LogP contribution is 2.21. The largest absolute Gasteiger partial charge is 0.510 e. The fourth-order valence-electron chi connectivity index (χ4n) is 1.33. The average molecular weight is 155 g/mol. The monoisotopic (exact) mass is 155 g/mol. The van der Waals surface area contributed by atoms with Crippen LogP contribution in [-0.4, -0.2) is 5.11 Å². The molecule has 0 radical (unpaired) electrons. The highest BCUT2D eigenvalue weighted by atomic mass is 16.3. The van der Waals surface area contributed by atoms with E-state index in [0.717, 1.165) is 25.7 Å². The number of hydrogen-bond acceptors (Lipinski definition) is 3. The van der Waals surface area contributed by atoms with E-state index in [9.17, 15) is 10.0 Å². The zero-order valence-electron chi connectivity index (χ0n) is 6.55. The lowest BCUT2D eigenvalue weighted by Gasteiger charge is -2.07. The molecule has 3 heteroatoms. The Morgan fingerprint density at radius 1 is 1.09 bits per heavy atom. The molecule has 3 nitrogen and oxygen atoms in total. The topological polar surface area (TPSA) is 49.7 Å². The van der Waals surface area contributed by atoms with Crippen molar-refractivity contribution >= 4 is 0 Å². The standard InChI is InChI=1S/C8H13NO2/c10-8-6-4-2-1-3-5-7(8)9-11/h10H,1-6H2/b8-7-. The van der Waals surface area contributed by atoms with Gasteiger partial charge in [-0.15, -0.1) is 4.91 Å². The number of allylic oxidation sites excluding steroid dienone is 2. The van der Waals surface area contributed by atoms with Crippen molar-refractivity contribution in [2.45, 2.75) is 38.5 Å². The van der Waals surface area contributed by atoms with Crippen LogP contribution in [0.3, 0.4) is 0 Å². The van der Waals surface area contributed by atoms with Gasteiger partial charge in [0.25, 0.3) is 0 Å². The summed E-state index contributed by atoms with van der Waals surface area (Å²) in [6.07, 6.45) is 5.52. The summed E-state index contributed by atoms with van der Waals surface area (Å²) in [6.45, 7) is 0. The summed E-state index contributed by atoms with van der Waals surface area (Å²) in [5.74, 6) is 0.208. The van der Waals surface area contributed by atoms with Gasteiger partial charge in [-0.05, 0) is 24.4 Å². The van der Waals surface area contributed by atoms with Crippen LogP contribution in [0.15, 0.2) is 16.6 Å². The number of nitroso groups, excluding NO2 is 1. The van der Waals surface area contributed by atoms with Gasteiger partial charge in [0.2, 0.25) is 0 Å². The van der Waals surface area contributed by atoms with Crippen LogP contribution in [0.4, 0.5) is 0 Å². The molecule has 11 heavy (non-hydrogen) atoms. The van der Waals surface area contributed by atoms with Gasteiger partial charge in [-0.1, -0.05) is 12.8 Å². The van der Waals surface area contributed by atoms with E-state index in [2.05, 4.69) is 5.18 Å². The first kappa shape index (κ1) is 8.24. The summed E-state index contributed by atoms with van der Waals surface area (Å²) in [6, 6.07) is 0. The predicted molar refractivity (Wildman–Crippen MR) is 43.2 cm³/mol. The predicted octanol–water partition coefficient (Wildman–Crippen LogP) is 2.88. The molecule has 0 fully saturated rings. The first-order valence-corrected chi connectivity index (χ1v) is 4.09. The van der Waals surface area contributed by atoms with Gasteiger partial charge in [0.05, 0.1) is 0 Å². The Morgan fingerprint density at radius 2 is 1.73 bits per heavy atom. The first-order chi connectivity index (χ1) is 5.34. The van der Waals surface area contributed by atoms with Crippen molar-refractivity contribution < 1.29 is 5.11 Å². The van der Waals surface area contributed by atoms with Gasteiger partial charge in [0, 0.05) is 6.42 Å². The lowest BCUT2D eigenvalue weighted by atomic mass is 10.0. The Labute approximate surface area is 66.1 Å². The van der Waals surface area contributed by atoms with Gasteiger partial charge in [0.15, 0.2) is 0 Å². The third kappa shape index (κ3) is 2.33. The van der Waals surface area contributed by atoms with Crippen molar-refractivity contribution in [3.63, 3.8) is 0 Å². The molecule has 0 aliphatic heterocycles. The summed E-state index contributed by atoms with van der Waals surface area (Å²) < 4.78 is 0. The Bertz CT molecular complexity index is 175. The number of aliphatic hydroxyl groups excluding tert-OH is 1. The second-order valence-corrected chi connectivity index (χ2v) is 2.90. The number of nitrogens with zero attached hydrogens (tertiary/aromatic N) is 1. The molecule has 1 aliphatic rings. The van der Waals surface area contributed by atoms with E-state index in [-0.39, 0.29) is 5.76 Å². The van der Waals surface area contributed by atoms with Crippen molar-refractivity contribution in [1.29, 1.82) is 0 Å². The lowest BCUT2D eigenvalue weighted by molar-refractivity contribution is 0.363. The number of rotatable bonds is 1. The first-order valence-electron chi connectivity index (χ1n) is 4.09. The average Bonchev–Trinajstić information content (AvgIpc) is 1.98. The minimum absolute atomic E-state index is 0.208. The Kier molecular flexibility index (Phi) is 3.08. The highest BCUT2D eigenvalue weighted by Gasteiger charge is 2.08. The summed E-state index contributed by atoms with van der Waals surface area (Å²) in [5.41, 5.74) is 0.365. The van der Waals surface area contributed by atoms with Crippen molar-refractivity contribution in [3.05, 3.63) is 16.4 Å². The zero-order chi connectivity index (χ0) is 8.10. The van der Waals surface area contributed by atoms with E-state index < -0.39 is 0 Å². The van der Waals surface area contributed by atoms with Gasteiger partial charge in [-0.3, -0.25) is 0 Å². The molecule has 1 rings (SSSR count). The quantitative estimate of drug-likeness (QED) is 0.592. The Morgan fingerprint density at radius 3 is 2.36 bits per heavy atom. The molecule has 0 unspecified atom stereocenters. The van der Waals surface area contributed by atoms with Crippen LogP contribution in [0.5, 0.6) is 0 Å². The zero-order valence-corrected chi connectivity index (χ0v) is 6.55. The van der Waals surface area contributed by atoms with Crippen LogP contribution in [0.1, 0.15) is 38.5 Å². The molecule has 0 aromatic carbocycles. The fraction of sp³-hybridized carbons (Fsp3) is 0.750. The van der Waals surface area contributed by atoms with Crippen molar-refractivity contribution in [2.24, 2.45) is 5.18 Å². The van der Waals surface area contributed by atoms with Crippen LogP contribution < -0.4 is 0 Å². The summed E-state index contributed by atoms with van der Waals surface area (Å²) >= 11 is 0. The minimum Gasteiger partial charge on any atom is -0.510 e. The van der Waals surface area contributed by atoms with Gasteiger partial charge < -0.3 is 5.11 Å². The van der Waals surface area contributed by atoms with Crippen LogP contribution >= 0.6 is 0 Å². The second kappa shape index (κ2) is 4.11. The third-order valence-corrected chi connectivity index (χ3v) is 2.02. The summed E-state index contributed by atoms with van der Waals surface area (Å²) in [4.78, 5) is 10.2. The van der Waals surface area contributed by atoms with E-state index in [1.807, 2.05) is 0 Å².